The minimum absolute atomic E-state index is 0.223. The highest BCUT2D eigenvalue weighted by Gasteiger charge is 2.10. The van der Waals surface area contributed by atoms with Crippen LogP contribution in [0.3, 0.4) is 0 Å². The number of ether oxygens (including phenoxy) is 1. The first-order valence-electron chi connectivity index (χ1n) is 7.19. The van der Waals surface area contributed by atoms with Gasteiger partial charge in [-0.3, -0.25) is 4.68 Å². The van der Waals surface area contributed by atoms with Crippen LogP contribution < -0.4 is 10.1 Å². The van der Waals surface area contributed by atoms with Crippen molar-refractivity contribution in [1.82, 2.24) is 15.1 Å². The molecule has 1 rings (SSSR count). The average molecular weight is 267 g/mol. The fourth-order valence-electron chi connectivity index (χ4n) is 2.00. The van der Waals surface area contributed by atoms with Gasteiger partial charge in [0.25, 0.3) is 0 Å². The molecule has 0 unspecified atom stereocenters. The SMILES string of the molecule is Cc1nn(C)c(C)c1OCCCCCNC(C)(C)C. The van der Waals surface area contributed by atoms with Crippen LogP contribution >= 0.6 is 0 Å². The molecule has 0 aliphatic rings. The summed E-state index contributed by atoms with van der Waals surface area (Å²) in [4.78, 5) is 0. The molecule has 0 radical (unpaired) electrons. The predicted molar refractivity (Wildman–Crippen MR) is 79.8 cm³/mol. The summed E-state index contributed by atoms with van der Waals surface area (Å²) in [5.41, 5.74) is 2.31. The van der Waals surface area contributed by atoms with E-state index in [0.717, 1.165) is 36.7 Å². The van der Waals surface area contributed by atoms with Crippen molar-refractivity contribution in [3.05, 3.63) is 11.4 Å². The molecule has 1 heterocycles. The van der Waals surface area contributed by atoms with Gasteiger partial charge in [-0.15, -0.1) is 0 Å². The normalized spacial score (nSPS) is 11.9. The van der Waals surface area contributed by atoms with Gasteiger partial charge in [-0.2, -0.15) is 5.10 Å². The fraction of sp³-hybridized carbons (Fsp3) is 0.800. The lowest BCUT2D eigenvalue weighted by molar-refractivity contribution is 0.299. The van der Waals surface area contributed by atoms with Crippen LogP contribution in [0.15, 0.2) is 0 Å². The quantitative estimate of drug-likeness (QED) is 0.772. The Bertz CT molecular complexity index is 391. The first-order chi connectivity index (χ1) is 8.81. The monoisotopic (exact) mass is 267 g/mol. The molecule has 0 spiro atoms. The third-order valence-electron chi connectivity index (χ3n) is 3.17. The van der Waals surface area contributed by atoms with Crippen molar-refractivity contribution < 1.29 is 4.74 Å². The second-order valence-corrected chi connectivity index (χ2v) is 6.21. The summed E-state index contributed by atoms with van der Waals surface area (Å²) in [6, 6.07) is 0. The van der Waals surface area contributed by atoms with Crippen molar-refractivity contribution in [2.45, 2.75) is 59.4 Å². The zero-order valence-electron chi connectivity index (χ0n) is 13.3. The van der Waals surface area contributed by atoms with E-state index < -0.39 is 0 Å². The molecule has 1 aromatic heterocycles. The maximum atomic E-state index is 5.83. The molecule has 4 nitrogen and oxygen atoms in total. The first-order valence-corrected chi connectivity index (χ1v) is 7.19. The number of aryl methyl sites for hydroxylation is 2. The highest BCUT2D eigenvalue weighted by atomic mass is 16.5. The van der Waals surface area contributed by atoms with E-state index >= 15 is 0 Å². The van der Waals surface area contributed by atoms with Crippen LogP contribution in [0.1, 0.15) is 51.4 Å². The number of hydrogen-bond donors (Lipinski definition) is 1. The van der Waals surface area contributed by atoms with E-state index in [1.165, 1.54) is 12.8 Å². The van der Waals surface area contributed by atoms with E-state index in [1.54, 1.807) is 0 Å². The molecule has 19 heavy (non-hydrogen) atoms. The van der Waals surface area contributed by atoms with Crippen molar-refractivity contribution >= 4 is 0 Å². The number of rotatable bonds is 7. The highest BCUT2D eigenvalue weighted by molar-refractivity contribution is 5.31. The smallest absolute Gasteiger partial charge is 0.162 e. The van der Waals surface area contributed by atoms with Gasteiger partial charge in [0.1, 0.15) is 5.69 Å². The van der Waals surface area contributed by atoms with Crippen molar-refractivity contribution in [2.24, 2.45) is 7.05 Å². The number of hydrogen-bond acceptors (Lipinski definition) is 3. The van der Waals surface area contributed by atoms with Gasteiger partial charge in [-0.05, 0) is 60.4 Å². The van der Waals surface area contributed by atoms with E-state index in [0.29, 0.717) is 0 Å². The lowest BCUT2D eigenvalue weighted by Crippen LogP contribution is -2.36. The van der Waals surface area contributed by atoms with E-state index in [4.69, 9.17) is 4.74 Å². The zero-order chi connectivity index (χ0) is 14.5. The molecule has 110 valence electrons. The van der Waals surface area contributed by atoms with Crippen LogP contribution in [-0.4, -0.2) is 28.5 Å². The fourth-order valence-corrected chi connectivity index (χ4v) is 2.00. The Balaban J connectivity index is 2.14. The summed E-state index contributed by atoms with van der Waals surface area (Å²) in [7, 11) is 1.95. The van der Waals surface area contributed by atoms with Crippen LogP contribution in [-0.2, 0) is 7.05 Å². The Hall–Kier alpha value is -1.03. The molecule has 0 saturated heterocycles. The van der Waals surface area contributed by atoms with Gasteiger partial charge in [0.05, 0.1) is 12.3 Å². The summed E-state index contributed by atoms with van der Waals surface area (Å²) in [5.74, 6) is 0.954. The van der Waals surface area contributed by atoms with E-state index in [1.807, 2.05) is 25.6 Å². The van der Waals surface area contributed by atoms with Gasteiger partial charge < -0.3 is 10.1 Å². The molecule has 0 bridgehead atoms. The largest absolute Gasteiger partial charge is 0.490 e. The molecule has 0 aromatic carbocycles. The predicted octanol–water partition coefficient (Wildman–Crippen LogP) is 2.97. The third kappa shape index (κ3) is 5.64. The van der Waals surface area contributed by atoms with E-state index in [2.05, 4.69) is 31.2 Å². The molecule has 0 saturated carbocycles. The second-order valence-electron chi connectivity index (χ2n) is 6.21. The number of unbranched alkanes of at least 4 members (excludes halogenated alkanes) is 2. The molecule has 1 N–H and O–H groups in total. The maximum absolute atomic E-state index is 5.83. The molecule has 0 atom stereocenters. The van der Waals surface area contributed by atoms with Gasteiger partial charge in [-0.25, -0.2) is 0 Å². The van der Waals surface area contributed by atoms with E-state index in [-0.39, 0.29) is 5.54 Å². The molecule has 1 aromatic rings. The first kappa shape index (κ1) is 16.0. The van der Waals surface area contributed by atoms with Crippen LogP contribution in [0.2, 0.25) is 0 Å². The zero-order valence-corrected chi connectivity index (χ0v) is 13.3. The lowest BCUT2D eigenvalue weighted by Gasteiger charge is -2.20. The molecule has 0 amide bonds. The summed E-state index contributed by atoms with van der Waals surface area (Å²) < 4.78 is 7.71. The molecular formula is C15H29N3O. The Morgan fingerprint density at radius 3 is 2.37 bits per heavy atom. The standard InChI is InChI=1S/C15H29N3O/c1-12-14(13(2)18(6)17-12)19-11-9-7-8-10-16-15(3,4)5/h16H,7-11H2,1-6H3. The molecule has 0 aliphatic carbocycles. The summed E-state index contributed by atoms with van der Waals surface area (Å²) >= 11 is 0. The minimum atomic E-state index is 0.223. The Kier molecular flexibility index (Phi) is 5.85. The highest BCUT2D eigenvalue weighted by Crippen LogP contribution is 2.21. The van der Waals surface area contributed by atoms with Gasteiger partial charge in [0.15, 0.2) is 5.75 Å². The summed E-state index contributed by atoms with van der Waals surface area (Å²) in [5, 5.41) is 7.85. The second kappa shape index (κ2) is 6.94. The van der Waals surface area contributed by atoms with Crippen LogP contribution in [0.5, 0.6) is 5.75 Å². The average Bonchev–Trinajstić information content (AvgIpc) is 2.52. The van der Waals surface area contributed by atoms with Crippen molar-refractivity contribution in [3.63, 3.8) is 0 Å². The number of nitrogens with zero attached hydrogens (tertiary/aromatic N) is 2. The van der Waals surface area contributed by atoms with Gasteiger partial charge >= 0.3 is 0 Å². The summed E-state index contributed by atoms with van der Waals surface area (Å²) in [6.07, 6.45) is 3.49. The third-order valence-corrected chi connectivity index (χ3v) is 3.17. The molecule has 0 aliphatic heterocycles. The number of nitrogens with one attached hydrogen (secondary N) is 1. The Morgan fingerprint density at radius 2 is 1.84 bits per heavy atom. The molecular weight excluding hydrogens is 238 g/mol. The topological polar surface area (TPSA) is 39.1 Å². The number of aromatic nitrogens is 2. The van der Waals surface area contributed by atoms with Gasteiger partial charge in [0.2, 0.25) is 0 Å². The van der Waals surface area contributed by atoms with E-state index in [9.17, 15) is 0 Å². The van der Waals surface area contributed by atoms with Crippen LogP contribution in [0.25, 0.3) is 0 Å². The van der Waals surface area contributed by atoms with Gasteiger partial charge in [0, 0.05) is 12.6 Å². The lowest BCUT2D eigenvalue weighted by atomic mass is 10.1. The van der Waals surface area contributed by atoms with Gasteiger partial charge in [-0.1, -0.05) is 0 Å². The Morgan fingerprint density at radius 1 is 1.16 bits per heavy atom. The Labute approximate surface area is 117 Å². The minimum Gasteiger partial charge on any atom is -0.490 e. The van der Waals surface area contributed by atoms with Crippen LogP contribution in [0, 0.1) is 13.8 Å². The van der Waals surface area contributed by atoms with Crippen molar-refractivity contribution in [1.29, 1.82) is 0 Å². The van der Waals surface area contributed by atoms with Crippen molar-refractivity contribution in [3.8, 4) is 5.75 Å². The van der Waals surface area contributed by atoms with Crippen molar-refractivity contribution in [2.75, 3.05) is 13.2 Å². The van der Waals surface area contributed by atoms with Crippen LogP contribution in [0.4, 0.5) is 0 Å². The maximum Gasteiger partial charge on any atom is 0.162 e. The summed E-state index contributed by atoms with van der Waals surface area (Å²) in [6.45, 7) is 12.5. The molecule has 0 fully saturated rings. The molecule has 4 heteroatoms.